The van der Waals surface area contributed by atoms with Crippen LogP contribution in [0.15, 0.2) is 95.9 Å². The molecule has 0 radical (unpaired) electrons. The molecule has 1 aliphatic carbocycles. The molecule has 4 aromatic rings. The number of thioether (sulfide) groups is 1. The molecule has 6 nitrogen and oxygen atoms in total. The minimum Gasteiger partial charge on any atom is -0.324 e. The number of ketones is 2. The Balaban J connectivity index is 1.32. The number of rotatable bonds is 7. The molecular weight excluding hydrogens is 508 g/mol. The van der Waals surface area contributed by atoms with Gasteiger partial charge in [-0.3, -0.25) is 19.2 Å². The topological polar surface area (TPSA) is 92.3 Å². The third kappa shape index (κ3) is 5.40. The molecule has 1 unspecified atom stereocenters. The van der Waals surface area contributed by atoms with Crippen LogP contribution in [-0.4, -0.2) is 28.6 Å². The summed E-state index contributed by atoms with van der Waals surface area (Å²) in [5.41, 5.74) is 3.79. The Bertz CT molecular complexity index is 1610. The van der Waals surface area contributed by atoms with Gasteiger partial charge in [0.1, 0.15) is 0 Å². The van der Waals surface area contributed by atoms with E-state index in [0.29, 0.717) is 34.5 Å². The van der Waals surface area contributed by atoms with Gasteiger partial charge < -0.3 is 10.6 Å². The van der Waals surface area contributed by atoms with Crippen LogP contribution in [0.25, 0.3) is 0 Å². The number of nitrogens with one attached hydrogen (secondary N) is 2. The minimum absolute atomic E-state index is 0.212. The molecular formula is C32H26N2O4S. The van der Waals surface area contributed by atoms with Gasteiger partial charge in [0.2, 0.25) is 5.91 Å². The number of hydrogen-bond acceptors (Lipinski definition) is 5. The summed E-state index contributed by atoms with van der Waals surface area (Å²) >= 11 is 1.37. The fourth-order valence-corrected chi connectivity index (χ4v) is 5.52. The van der Waals surface area contributed by atoms with Crippen molar-refractivity contribution in [1.82, 2.24) is 0 Å². The van der Waals surface area contributed by atoms with Crippen LogP contribution >= 0.6 is 11.8 Å². The zero-order chi connectivity index (χ0) is 27.5. The van der Waals surface area contributed by atoms with Crippen molar-refractivity contribution in [3.8, 4) is 0 Å². The van der Waals surface area contributed by atoms with Crippen LogP contribution < -0.4 is 10.6 Å². The van der Waals surface area contributed by atoms with Crippen molar-refractivity contribution in [3.05, 3.63) is 124 Å². The average Bonchev–Trinajstić information content (AvgIpc) is 2.95. The summed E-state index contributed by atoms with van der Waals surface area (Å²) in [6.07, 6.45) is 0.529. The summed E-state index contributed by atoms with van der Waals surface area (Å²) in [5, 5.41) is 5.33. The second kappa shape index (κ2) is 11.1. The number of aryl methyl sites for hydroxylation is 1. The Hall–Kier alpha value is -4.49. The highest BCUT2D eigenvalue weighted by atomic mass is 32.2. The molecule has 0 aromatic heterocycles. The summed E-state index contributed by atoms with van der Waals surface area (Å²) in [4.78, 5) is 53.1. The highest BCUT2D eigenvalue weighted by Gasteiger charge is 2.32. The van der Waals surface area contributed by atoms with Crippen molar-refractivity contribution < 1.29 is 19.2 Å². The molecule has 194 valence electrons. The van der Waals surface area contributed by atoms with Gasteiger partial charge >= 0.3 is 0 Å². The zero-order valence-electron chi connectivity index (χ0n) is 21.5. The average molecular weight is 535 g/mol. The monoisotopic (exact) mass is 534 g/mol. The fraction of sp³-hybridized carbons (Fsp3) is 0.125. The number of anilines is 2. The summed E-state index contributed by atoms with van der Waals surface area (Å²) < 4.78 is 0. The maximum absolute atomic E-state index is 13.3. The van der Waals surface area contributed by atoms with E-state index in [9.17, 15) is 19.2 Å². The van der Waals surface area contributed by atoms with E-state index >= 15 is 0 Å². The van der Waals surface area contributed by atoms with Crippen LogP contribution in [0, 0.1) is 6.92 Å². The van der Waals surface area contributed by atoms with Crippen LogP contribution in [0.5, 0.6) is 0 Å². The van der Waals surface area contributed by atoms with E-state index in [1.54, 1.807) is 60.7 Å². The quantitative estimate of drug-likeness (QED) is 0.232. The highest BCUT2D eigenvalue weighted by Crippen LogP contribution is 2.33. The number of carbonyl (C=O) groups is 4. The smallest absolute Gasteiger partial charge is 0.255 e. The molecule has 1 aliphatic rings. The van der Waals surface area contributed by atoms with Crippen molar-refractivity contribution >= 4 is 46.5 Å². The second-order valence-electron chi connectivity index (χ2n) is 9.28. The van der Waals surface area contributed by atoms with Gasteiger partial charge in [-0.05, 0) is 49.7 Å². The van der Waals surface area contributed by atoms with Crippen molar-refractivity contribution in [1.29, 1.82) is 0 Å². The fourth-order valence-electron chi connectivity index (χ4n) is 4.50. The van der Waals surface area contributed by atoms with Crippen molar-refractivity contribution in [3.63, 3.8) is 0 Å². The molecule has 2 N–H and O–H groups in total. The maximum Gasteiger partial charge on any atom is 0.255 e. The Labute approximate surface area is 230 Å². The van der Waals surface area contributed by atoms with Gasteiger partial charge in [-0.15, -0.1) is 11.8 Å². The summed E-state index contributed by atoms with van der Waals surface area (Å²) in [7, 11) is 0. The van der Waals surface area contributed by atoms with Crippen LogP contribution in [0.3, 0.4) is 0 Å². The molecule has 0 aliphatic heterocycles. The van der Waals surface area contributed by atoms with Gasteiger partial charge in [-0.1, -0.05) is 67.1 Å². The van der Waals surface area contributed by atoms with Crippen LogP contribution in [0.2, 0.25) is 0 Å². The number of carbonyl (C=O) groups excluding carboxylic acids is 4. The van der Waals surface area contributed by atoms with Gasteiger partial charge in [0.05, 0.1) is 16.5 Å². The first-order valence-electron chi connectivity index (χ1n) is 12.6. The van der Waals surface area contributed by atoms with Crippen molar-refractivity contribution in [2.75, 3.05) is 10.6 Å². The normalized spacial score (nSPS) is 12.8. The van der Waals surface area contributed by atoms with Gasteiger partial charge in [-0.2, -0.15) is 0 Å². The summed E-state index contributed by atoms with van der Waals surface area (Å²) in [6.45, 7) is 3.87. The Morgan fingerprint density at radius 3 is 2.15 bits per heavy atom. The third-order valence-electron chi connectivity index (χ3n) is 6.56. The van der Waals surface area contributed by atoms with E-state index in [4.69, 9.17) is 0 Å². The Morgan fingerprint density at radius 2 is 1.44 bits per heavy atom. The SMILES string of the molecule is CCC(Sc1cccc(NC(=O)c2ccc(C)cc2)c1)C(=O)Nc1cccc2c1C(=O)c1ccccc1C2=O. The Kier molecular flexibility index (Phi) is 7.43. The van der Waals surface area contributed by atoms with E-state index in [-0.39, 0.29) is 34.5 Å². The van der Waals surface area contributed by atoms with E-state index < -0.39 is 5.25 Å². The lowest BCUT2D eigenvalue weighted by molar-refractivity contribution is -0.115. The standard InChI is InChI=1S/C32H26N2O4S/c1-3-27(39-22-9-6-8-21(18-22)33-31(37)20-16-14-19(2)15-17-20)32(38)34-26-13-7-12-25-28(26)30(36)24-11-5-4-10-23(24)29(25)35/h4-18,27H,3H2,1-2H3,(H,33,37)(H,34,38). The van der Waals surface area contributed by atoms with Gasteiger partial charge in [-0.25, -0.2) is 0 Å². The molecule has 39 heavy (non-hydrogen) atoms. The molecule has 0 saturated heterocycles. The third-order valence-corrected chi connectivity index (χ3v) is 7.92. The molecule has 1 atom stereocenters. The molecule has 5 rings (SSSR count). The molecule has 2 amide bonds. The lowest BCUT2D eigenvalue weighted by Crippen LogP contribution is -2.28. The minimum atomic E-state index is -0.467. The van der Waals surface area contributed by atoms with E-state index in [1.807, 2.05) is 44.2 Å². The van der Waals surface area contributed by atoms with E-state index in [2.05, 4.69) is 10.6 Å². The van der Waals surface area contributed by atoms with Crippen LogP contribution in [-0.2, 0) is 4.79 Å². The van der Waals surface area contributed by atoms with Gasteiger partial charge in [0.15, 0.2) is 11.6 Å². The van der Waals surface area contributed by atoms with Gasteiger partial charge in [0, 0.05) is 32.8 Å². The largest absolute Gasteiger partial charge is 0.324 e. The first-order valence-corrected chi connectivity index (χ1v) is 13.5. The number of fused-ring (bicyclic) bond motifs is 2. The molecule has 0 heterocycles. The van der Waals surface area contributed by atoms with Gasteiger partial charge in [0.25, 0.3) is 5.91 Å². The number of benzene rings is 4. The second-order valence-corrected chi connectivity index (χ2v) is 10.6. The molecule has 0 bridgehead atoms. The summed E-state index contributed by atoms with van der Waals surface area (Å²) in [6, 6.07) is 26.3. The van der Waals surface area contributed by atoms with Crippen molar-refractivity contribution in [2.24, 2.45) is 0 Å². The van der Waals surface area contributed by atoms with Crippen LogP contribution in [0.1, 0.15) is 61.1 Å². The molecule has 0 fully saturated rings. The molecule has 0 spiro atoms. The zero-order valence-corrected chi connectivity index (χ0v) is 22.3. The molecule has 0 saturated carbocycles. The number of amides is 2. The van der Waals surface area contributed by atoms with E-state index in [1.165, 1.54) is 11.8 Å². The Morgan fingerprint density at radius 1 is 0.769 bits per heavy atom. The molecule has 7 heteroatoms. The molecule has 4 aromatic carbocycles. The predicted molar refractivity (Wildman–Crippen MR) is 154 cm³/mol. The lowest BCUT2D eigenvalue weighted by atomic mass is 9.83. The number of hydrogen-bond donors (Lipinski definition) is 2. The first-order chi connectivity index (χ1) is 18.9. The lowest BCUT2D eigenvalue weighted by Gasteiger charge is -2.21. The van der Waals surface area contributed by atoms with Crippen molar-refractivity contribution in [2.45, 2.75) is 30.4 Å². The maximum atomic E-state index is 13.3. The summed E-state index contributed by atoms with van der Waals surface area (Å²) in [5.74, 6) is -1.00. The predicted octanol–water partition coefficient (Wildman–Crippen LogP) is 6.53. The van der Waals surface area contributed by atoms with E-state index in [0.717, 1.165) is 10.5 Å². The van der Waals surface area contributed by atoms with Crippen LogP contribution in [0.4, 0.5) is 11.4 Å². The highest BCUT2D eigenvalue weighted by molar-refractivity contribution is 8.00. The first kappa shape index (κ1) is 26.1.